The second kappa shape index (κ2) is 22.7. The first-order valence-corrected chi connectivity index (χ1v) is 24.5. The number of rotatable bonds is 20. The minimum atomic E-state index is -5.84. The number of carbonyl (C=O) groups is 4. The van der Waals surface area contributed by atoms with Gasteiger partial charge in [0.1, 0.15) is 67.1 Å². The van der Waals surface area contributed by atoms with Gasteiger partial charge in [0.05, 0.1) is 25.4 Å². The summed E-state index contributed by atoms with van der Waals surface area (Å²) in [5.41, 5.74) is 0. The van der Waals surface area contributed by atoms with E-state index in [4.69, 9.17) is 37.7 Å². The number of amides is 2. The molecule has 4 aliphatic heterocycles. The fourth-order valence-electron chi connectivity index (χ4n) is 7.28. The summed E-state index contributed by atoms with van der Waals surface area (Å²) in [4.78, 5) is 49.6. The van der Waals surface area contributed by atoms with E-state index < -0.39 is 201 Å². The van der Waals surface area contributed by atoms with Crippen molar-refractivity contribution in [3.8, 4) is 0 Å². The predicted molar refractivity (Wildman–Crippen MR) is 203 cm³/mol. The van der Waals surface area contributed by atoms with Crippen LogP contribution < -0.4 is 10.6 Å². The number of carboxylic acids is 2. The maximum absolute atomic E-state index is 12.9. The van der Waals surface area contributed by atoms with Crippen molar-refractivity contribution in [1.82, 2.24) is 10.6 Å². The van der Waals surface area contributed by atoms with E-state index in [0.717, 1.165) is 13.8 Å². The average molecular weight is 1090 g/mol. The van der Waals surface area contributed by atoms with Gasteiger partial charge in [-0.1, -0.05) is 0 Å². The van der Waals surface area contributed by atoms with E-state index >= 15 is 0 Å². The molecule has 0 saturated carbocycles. The summed E-state index contributed by atoms with van der Waals surface area (Å²) < 4.78 is 187. The van der Waals surface area contributed by atoms with Gasteiger partial charge in [-0.05, 0) is 6.92 Å². The molecule has 4 saturated heterocycles. The van der Waals surface area contributed by atoms with Crippen molar-refractivity contribution in [3.05, 3.63) is 0 Å². The SMILES string of the molecule is CC(=O)NC1C(C)OC(COS(=O)(=O)O)C(O)C1OC1OC(C(=O)O)C(OC2OC(COS(=O)(=O)O)C(O)C(OC3OC(C(=O)O)C(O)C(O)C3OS(=O)(=O)O)C2NC(C)=O)C(O)C1OS(=O)(=O)O. The summed E-state index contributed by atoms with van der Waals surface area (Å²) >= 11 is 0. The molecule has 36 nitrogen and oxygen atoms in total. The van der Waals surface area contributed by atoms with Gasteiger partial charge in [-0.15, -0.1) is 0 Å². The van der Waals surface area contributed by atoms with Crippen molar-refractivity contribution in [2.24, 2.45) is 0 Å². The van der Waals surface area contributed by atoms with E-state index in [-0.39, 0.29) is 0 Å². The molecule has 400 valence electrons. The highest BCUT2D eigenvalue weighted by molar-refractivity contribution is 7.81. The van der Waals surface area contributed by atoms with Gasteiger partial charge in [0.2, 0.25) is 11.8 Å². The van der Waals surface area contributed by atoms with Crippen LogP contribution in [0.5, 0.6) is 0 Å². The largest absolute Gasteiger partial charge is 0.479 e. The number of hydrogen-bond acceptors (Lipinski definition) is 28. The van der Waals surface area contributed by atoms with Crippen LogP contribution in [0.15, 0.2) is 0 Å². The van der Waals surface area contributed by atoms with Crippen LogP contribution in [0.4, 0.5) is 0 Å². The zero-order valence-electron chi connectivity index (χ0n) is 34.9. The number of aliphatic hydroxyl groups is 5. The molecule has 0 spiro atoms. The molecule has 4 heterocycles. The number of aliphatic hydroxyl groups excluding tert-OH is 5. The topological polar surface area (TPSA) is 553 Å². The van der Waals surface area contributed by atoms with Crippen LogP contribution in [0, 0.1) is 0 Å². The third-order valence-electron chi connectivity index (χ3n) is 10.0. The van der Waals surface area contributed by atoms with Gasteiger partial charge in [-0.3, -0.25) is 27.8 Å². The second-order valence-electron chi connectivity index (χ2n) is 15.1. The highest BCUT2D eigenvalue weighted by Crippen LogP contribution is 2.37. The van der Waals surface area contributed by atoms with Crippen molar-refractivity contribution in [2.75, 3.05) is 13.2 Å². The molecular weight excluding hydrogens is 1050 g/mol. The highest BCUT2D eigenvalue weighted by atomic mass is 32.3. The van der Waals surface area contributed by atoms with Crippen molar-refractivity contribution in [3.63, 3.8) is 0 Å². The molecule has 4 fully saturated rings. The van der Waals surface area contributed by atoms with E-state index in [1.165, 1.54) is 6.92 Å². The van der Waals surface area contributed by atoms with Crippen molar-refractivity contribution < 1.29 is 157 Å². The molecule has 13 N–H and O–H groups in total. The van der Waals surface area contributed by atoms with Gasteiger partial charge < -0.3 is 79.5 Å². The Hall–Kier alpha value is -3.12. The number of aliphatic carboxylic acids is 2. The molecule has 0 aromatic carbocycles. The van der Waals surface area contributed by atoms with Gasteiger partial charge in [0.25, 0.3) is 0 Å². The van der Waals surface area contributed by atoms with Crippen LogP contribution >= 0.6 is 0 Å². The van der Waals surface area contributed by atoms with E-state index in [1.54, 1.807) is 0 Å². The molecule has 20 atom stereocenters. The van der Waals surface area contributed by atoms with E-state index in [2.05, 4.69) is 27.4 Å². The zero-order valence-corrected chi connectivity index (χ0v) is 38.2. The smallest absolute Gasteiger partial charge is 0.397 e. The molecule has 2 amide bonds. The number of hydrogen-bond donors (Lipinski definition) is 13. The third kappa shape index (κ3) is 15.9. The van der Waals surface area contributed by atoms with Gasteiger partial charge in [-0.2, -0.15) is 33.7 Å². The van der Waals surface area contributed by atoms with Crippen molar-refractivity contribution >= 4 is 65.3 Å². The minimum absolute atomic E-state index is 0.742. The molecule has 40 heteroatoms. The van der Waals surface area contributed by atoms with Gasteiger partial charge in [-0.25, -0.2) is 26.3 Å². The summed E-state index contributed by atoms with van der Waals surface area (Å²) in [5, 5.41) is 79.6. The third-order valence-corrected chi connectivity index (χ3v) is 11.8. The predicted octanol–water partition coefficient (Wildman–Crippen LogP) is -8.90. The van der Waals surface area contributed by atoms with Crippen molar-refractivity contribution in [2.45, 2.75) is 143 Å². The monoisotopic (exact) mass is 1090 g/mol. The summed E-state index contributed by atoms with van der Waals surface area (Å²) in [6, 6.07) is -3.88. The summed E-state index contributed by atoms with van der Waals surface area (Å²) in [6.45, 7) is 0.203. The fraction of sp³-hybridized carbons (Fsp3) is 0.862. The van der Waals surface area contributed by atoms with Gasteiger partial charge in [0.15, 0.2) is 43.3 Å². The Kier molecular flexibility index (Phi) is 19.3. The zero-order chi connectivity index (χ0) is 52.5. The summed E-state index contributed by atoms with van der Waals surface area (Å²) in [5.74, 6) is -6.30. The van der Waals surface area contributed by atoms with Crippen LogP contribution in [0.3, 0.4) is 0 Å². The molecule has 0 radical (unpaired) electrons. The lowest BCUT2D eigenvalue weighted by Gasteiger charge is -2.50. The molecule has 0 bridgehead atoms. The first-order valence-electron chi connectivity index (χ1n) is 19.0. The number of carbonyl (C=O) groups excluding carboxylic acids is 2. The standard InChI is InChI=1S/C29H46N2O34S4/c1-6-11(30-7(2)32)18(13(34)9(57-6)4-55-66(43,44)45)59-29-23(65-69(52,53)54)17(38)20(24(63-29)26(41)42)61-27-12(31-8(3)33)19(14(35)10(58-27)5-56-67(46,47)48)60-28-22(64-68(49,50)51)16(37)15(36)21(62-28)25(39)40/h6,9-24,27-29,34-38H,4-5H2,1-3H3,(H,30,32)(H,31,33)(H,39,40)(H,41,42)(H,43,44,45)(H,46,47,48)(H,49,50,51)(H,52,53,54). The fourth-order valence-corrected chi connectivity index (χ4v) is 8.87. The number of ether oxygens (including phenoxy) is 7. The number of nitrogens with one attached hydrogen (secondary N) is 2. The van der Waals surface area contributed by atoms with Crippen LogP contribution in [-0.4, -0.2) is 247 Å². The van der Waals surface area contributed by atoms with Crippen LogP contribution in [0.25, 0.3) is 0 Å². The molecule has 0 aliphatic carbocycles. The van der Waals surface area contributed by atoms with Crippen molar-refractivity contribution in [1.29, 1.82) is 0 Å². The normalized spacial score (nSPS) is 39.2. The van der Waals surface area contributed by atoms with E-state index in [1.807, 2.05) is 0 Å². The molecule has 0 aromatic heterocycles. The summed E-state index contributed by atoms with van der Waals surface area (Å²) in [6.07, 6.45) is -44.3. The Morgan fingerprint density at radius 3 is 1.29 bits per heavy atom. The summed E-state index contributed by atoms with van der Waals surface area (Å²) in [7, 11) is -22.2. The molecule has 20 unspecified atom stereocenters. The first-order chi connectivity index (χ1) is 31.5. The minimum Gasteiger partial charge on any atom is -0.479 e. The van der Waals surface area contributed by atoms with Crippen LogP contribution in [0.2, 0.25) is 0 Å². The molecular formula is C29H46N2O34S4. The lowest BCUT2D eigenvalue weighted by molar-refractivity contribution is -0.363. The highest BCUT2D eigenvalue weighted by Gasteiger charge is 2.59. The molecule has 4 aliphatic rings. The Morgan fingerprint density at radius 2 is 0.870 bits per heavy atom. The van der Waals surface area contributed by atoms with Gasteiger partial charge >= 0.3 is 53.5 Å². The maximum atomic E-state index is 12.9. The average Bonchev–Trinajstić information content (AvgIpc) is 3.18. The molecule has 0 aromatic rings. The lowest BCUT2D eigenvalue weighted by Crippen LogP contribution is -2.71. The van der Waals surface area contributed by atoms with Crippen LogP contribution in [-0.2, 0) is 111 Å². The number of carboxylic acid groups (broad SMARTS) is 2. The molecule has 69 heavy (non-hydrogen) atoms. The van der Waals surface area contributed by atoms with E-state index in [0.29, 0.717) is 0 Å². The van der Waals surface area contributed by atoms with Crippen LogP contribution in [0.1, 0.15) is 20.8 Å². The Morgan fingerprint density at radius 1 is 0.478 bits per heavy atom. The lowest BCUT2D eigenvalue weighted by atomic mass is 9.92. The quantitative estimate of drug-likeness (QED) is 0.0504. The molecule has 4 rings (SSSR count). The second-order valence-corrected chi connectivity index (χ2v) is 19.3. The van der Waals surface area contributed by atoms with E-state index in [9.17, 15) is 102 Å². The first kappa shape index (κ1) is 58.5. The Balaban J connectivity index is 1.82. The Labute approximate surface area is 388 Å². The Bertz CT molecular complexity index is 2300. The maximum Gasteiger partial charge on any atom is 0.397 e. The van der Waals surface area contributed by atoms with Gasteiger partial charge in [0, 0.05) is 13.8 Å².